The number of hydrogen-bond donors (Lipinski definition) is 1. The van der Waals surface area contributed by atoms with Crippen LogP contribution in [0.1, 0.15) is 32.6 Å². The Labute approximate surface area is 73.9 Å². The van der Waals surface area contributed by atoms with Crippen LogP contribution in [-0.4, -0.2) is 25.3 Å². The molecule has 0 aromatic heterocycles. The first-order valence-corrected chi connectivity index (χ1v) is 5.85. The van der Waals surface area contributed by atoms with Crippen molar-refractivity contribution in [1.29, 1.82) is 0 Å². The Morgan fingerprint density at radius 2 is 1.92 bits per heavy atom. The molecule has 0 spiro atoms. The highest BCUT2D eigenvalue weighted by atomic mass is 32.2. The van der Waals surface area contributed by atoms with Gasteiger partial charge in [-0.3, -0.25) is 0 Å². The summed E-state index contributed by atoms with van der Waals surface area (Å²) in [7, 11) is -3.47. The van der Waals surface area contributed by atoms with Crippen LogP contribution in [0, 0.1) is 0 Å². The van der Waals surface area contributed by atoms with E-state index in [1.807, 2.05) is 6.92 Å². The lowest BCUT2D eigenvalue weighted by Crippen LogP contribution is -2.42. The lowest BCUT2D eigenvalue weighted by atomic mass is 10.2. The minimum atomic E-state index is -3.47. The molecule has 0 bridgehead atoms. The van der Waals surface area contributed by atoms with Gasteiger partial charge in [0, 0.05) is 12.6 Å². The monoisotopic (exact) mass is 192 g/mol. The van der Waals surface area contributed by atoms with Gasteiger partial charge >= 0.3 is 0 Å². The summed E-state index contributed by atoms with van der Waals surface area (Å²) in [4.78, 5) is 0. The second-order valence-electron chi connectivity index (χ2n) is 3.19. The first-order chi connectivity index (χ1) is 5.55. The summed E-state index contributed by atoms with van der Waals surface area (Å²) in [6.07, 6.45) is 4.17. The maximum absolute atomic E-state index is 11.1. The fourth-order valence-corrected chi connectivity index (χ4v) is 2.82. The molecule has 2 N–H and O–H groups in total. The van der Waals surface area contributed by atoms with Gasteiger partial charge in [-0.1, -0.05) is 19.8 Å². The third-order valence-corrected chi connectivity index (χ3v) is 3.58. The fourth-order valence-electron chi connectivity index (χ4n) is 1.84. The Hall–Kier alpha value is -0.130. The van der Waals surface area contributed by atoms with Gasteiger partial charge in [0.15, 0.2) is 0 Å². The van der Waals surface area contributed by atoms with Crippen molar-refractivity contribution in [3.63, 3.8) is 0 Å². The Morgan fingerprint density at radius 3 is 2.25 bits per heavy atom. The van der Waals surface area contributed by atoms with Crippen molar-refractivity contribution in [3.8, 4) is 0 Å². The van der Waals surface area contributed by atoms with E-state index in [0.717, 1.165) is 25.7 Å². The fraction of sp³-hybridized carbons (Fsp3) is 1.00. The van der Waals surface area contributed by atoms with Gasteiger partial charge in [0.1, 0.15) is 0 Å². The molecule has 12 heavy (non-hydrogen) atoms. The topological polar surface area (TPSA) is 63.4 Å². The highest BCUT2D eigenvalue weighted by Gasteiger charge is 2.27. The zero-order chi connectivity index (χ0) is 9.19. The quantitative estimate of drug-likeness (QED) is 0.706. The second-order valence-corrected chi connectivity index (χ2v) is 4.69. The summed E-state index contributed by atoms with van der Waals surface area (Å²) in [5.41, 5.74) is 0. The van der Waals surface area contributed by atoms with E-state index in [0.29, 0.717) is 6.54 Å². The average Bonchev–Trinajstić information content (AvgIpc) is 2.38. The SMILES string of the molecule is CCN(C1CCCC1)S(N)(=O)=O. The van der Waals surface area contributed by atoms with E-state index < -0.39 is 10.2 Å². The van der Waals surface area contributed by atoms with Crippen molar-refractivity contribution in [2.75, 3.05) is 6.54 Å². The zero-order valence-corrected chi connectivity index (χ0v) is 8.18. The molecule has 4 nitrogen and oxygen atoms in total. The lowest BCUT2D eigenvalue weighted by molar-refractivity contribution is 0.336. The van der Waals surface area contributed by atoms with Gasteiger partial charge < -0.3 is 0 Å². The van der Waals surface area contributed by atoms with Crippen molar-refractivity contribution in [2.45, 2.75) is 38.6 Å². The van der Waals surface area contributed by atoms with Gasteiger partial charge in [0.05, 0.1) is 0 Å². The standard InChI is InChI=1S/C7H16N2O2S/c1-2-9(12(8,10)11)7-5-3-4-6-7/h7H,2-6H2,1H3,(H2,8,10,11). The molecule has 1 fully saturated rings. The summed E-state index contributed by atoms with van der Waals surface area (Å²) in [6.45, 7) is 2.31. The summed E-state index contributed by atoms with van der Waals surface area (Å²) < 4.78 is 23.5. The molecular weight excluding hydrogens is 176 g/mol. The van der Waals surface area contributed by atoms with Crippen LogP contribution in [-0.2, 0) is 10.2 Å². The number of hydrogen-bond acceptors (Lipinski definition) is 2. The molecule has 0 aromatic rings. The molecule has 1 aliphatic carbocycles. The third kappa shape index (κ3) is 2.18. The first kappa shape index (κ1) is 9.95. The molecule has 0 saturated heterocycles. The van der Waals surface area contributed by atoms with E-state index in [1.54, 1.807) is 0 Å². The Balaban J connectivity index is 2.68. The molecule has 0 amide bonds. The smallest absolute Gasteiger partial charge is 0.216 e. The Morgan fingerprint density at radius 1 is 1.42 bits per heavy atom. The Kier molecular flexibility index (Phi) is 3.09. The molecule has 0 heterocycles. The van der Waals surface area contributed by atoms with Gasteiger partial charge in [-0.25, -0.2) is 5.14 Å². The zero-order valence-electron chi connectivity index (χ0n) is 7.36. The van der Waals surface area contributed by atoms with Crippen LogP contribution in [0.25, 0.3) is 0 Å². The maximum atomic E-state index is 11.1. The number of nitrogens with zero attached hydrogens (tertiary/aromatic N) is 1. The van der Waals surface area contributed by atoms with Crippen molar-refractivity contribution in [3.05, 3.63) is 0 Å². The van der Waals surface area contributed by atoms with E-state index in [9.17, 15) is 8.42 Å². The van der Waals surface area contributed by atoms with E-state index in [4.69, 9.17) is 5.14 Å². The third-order valence-electron chi connectivity index (χ3n) is 2.37. The van der Waals surface area contributed by atoms with Crippen molar-refractivity contribution >= 4 is 10.2 Å². The highest BCUT2D eigenvalue weighted by molar-refractivity contribution is 7.86. The van der Waals surface area contributed by atoms with Crippen LogP contribution in [0.5, 0.6) is 0 Å². The van der Waals surface area contributed by atoms with E-state index in [-0.39, 0.29) is 6.04 Å². The van der Waals surface area contributed by atoms with E-state index in [1.165, 1.54) is 4.31 Å². The molecule has 1 rings (SSSR count). The van der Waals surface area contributed by atoms with Crippen LogP contribution in [0.3, 0.4) is 0 Å². The van der Waals surface area contributed by atoms with Crippen molar-refractivity contribution in [1.82, 2.24) is 4.31 Å². The summed E-state index contributed by atoms with van der Waals surface area (Å²) >= 11 is 0. The average molecular weight is 192 g/mol. The van der Waals surface area contributed by atoms with Crippen molar-refractivity contribution < 1.29 is 8.42 Å². The predicted molar refractivity (Wildman–Crippen MR) is 47.7 cm³/mol. The van der Waals surface area contributed by atoms with Crippen LogP contribution < -0.4 is 5.14 Å². The van der Waals surface area contributed by atoms with Crippen LogP contribution in [0.2, 0.25) is 0 Å². The molecule has 5 heteroatoms. The first-order valence-electron chi connectivity index (χ1n) is 4.35. The van der Waals surface area contributed by atoms with Crippen LogP contribution >= 0.6 is 0 Å². The van der Waals surface area contributed by atoms with Gasteiger partial charge in [-0.2, -0.15) is 12.7 Å². The predicted octanol–water partition coefficient (Wildman–Crippen LogP) is 0.454. The molecule has 0 radical (unpaired) electrons. The van der Waals surface area contributed by atoms with Crippen LogP contribution in [0.15, 0.2) is 0 Å². The number of nitrogens with two attached hydrogens (primary N) is 1. The molecule has 0 aromatic carbocycles. The molecule has 0 unspecified atom stereocenters. The second kappa shape index (κ2) is 3.72. The molecule has 0 aliphatic heterocycles. The summed E-state index contributed by atoms with van der Waals surface area (Å²) in [5.74, 6) is 0. The molecule has 0 atom stereocenters. The van der Waals surface area contributed by atoms with E-state index >= 15 is 0 Å². The number of rotatable bonds is 3. The van der Waals surface area contributed by atoms with Crippen LogP contribution in [0.4, 0.5) is 0 Å². The van der Waals surface area contributed by atoms with E-state index in [2.05, 4.69) is 0 Å². The Bertz CT molecular complexity index is 232. The van der Waals surface area contributed by atoms with Crippen molar-refractivity contribution in [2.24, 2.45) is 5.14 Å². The largest absolute Gasteiger partial charge is 0.277 e. The summed E-state index contributed by atoms with van der Waals surface area (Å²) in [5, 5.41) is 5.07. The molecule has 72 valence electrons. The minimum Gasteiger partial charge on any atom is -0.216 e. The minimum absolute atomic E-state index is 0.157. The maximum Gasteiger partial charge on any atom is 0.277 e. The molecule has 1 aliphatic rings. The van der Waals surface area contributed by atoms with Gasteiger partial charge in [-0.05, 0) is 12.8 Å². The van der Waals surface area contributed by atoms with Gasteiger partial charge in [0.2, 0.25) is 0 Å². The highest BCUT2D eigenvalue weighted by Crippen LogP contribution is 2.24. The lowest BCUT2D eigenvalue weighted by Gasteiger charge is -2.23. The molecular formula is C7H16N2O2S. The van der Waals surface area contributed by atoms with Gasteiger partial charge in [0.25, 0.3) is 10.2 Å². The summed E-state index contributed by atoms with van der Waals surface area (Å²) in [6, 6.07) is 0.157. The molecule has 1 saturated carbocycles. The van der Waals surface area contributed by atoms with Gasteiger partial charge in [-0.15, -0.1) is 0 Å². The normalized spacial score (nSPS) is 20.6.